The molecule has 0 amide bonds. The Morgan fingerprint density at radius 2 is 2.18 bits per heavy atom. The molecule has 2 N–H and O–H groups in total. The molecule has 4 heteroatoms. The largest absolute Gasteiger partial charge is 0.508 e. The Hall–Kier alpha value is -1.94. The zero-order chi connectivity index (χ0) is 15.4. The predicted molar refractivity (Wildman–Crippen MR) is 87.8 cm³/mol. The zero-order valence-corrected chi connectivity index (χ0v) is 13.0. The summed E-state index contributed by atoms with van der Waals surface area (Å²) in [5.41, 5.74) is 2.98. The maximum absolute atomic E-state index is 10.0. The van der Waals surface area contributed by atoms with Gasteiger partial charge in [-0.2, -0.15) is 0 Å². The first-order chi connectivity index (χ1) is 10.7. The molecule has 3 rings (SSSR count). The summed E-state index contributed by atoms with van der Waals surface area (Å²) in [6.07, 6.45) is 7.72. The van der Waals surface area contributed by atoms with Crippen molar-refractivity contribution < 1.29 is 5.11 Å². The molecule has 1 aromatic heterocycles. The molecule has 22 heavy (non-hydrogen) atoms. The van der Waals surface area contributed by atoms with Crippen LogP contribution in [0.3, 0.4) is 0 Å². The molecule has 0 unspecified atom stereocenters. The van der Waals surface area contributed by atoms with Crippen LogP contribution in [0.2, 0.25) is 0 Å². The molecule has 1 aliphatic rings. The van der Waals surface area contributed by atoms with Crippen molar-refractivity contribution in [1.82, 2.24) is 15.3 Å². The Morgan fingerprint density at radius 3 is 2.95 bits per heavy atom. The molecule has 2 heterocycles. The summed E-state index contributed by atoms with van der Waals surface area (Å²) in [7, 11) is 0. The van der Waals surface area contributed by atoms with E-state index >= 15 is 0 Å². The second kappa shape index (κ2) is 6.88. The van der Waals surface area contributed by atoms with Crippen molar-refractivity contribution >= 4 is 0 Å². The van der Waals surface area contributed by atoms with Crippen molar-refractivity contribution in [2.24, 2.45) is 0 Å². The molecule has 4 nitrogen and oxygen atoms in total. The van der Waals surface area contributed by atoms with E-state index in [0.29, 0.717) is 11.8 Å². The maximum atomic E-state index is 10.0. The van der Waals surface area contributed by atoms with E-state index in [1.54, 1.807) is 12.3 Å². The summed E-state index contributed by atoms with van der Waals surface area (Å²) in [5, 5.41) is 13.6. The number of piperidine rings is 1. The van der Waals surface area contributed by atoms with Gasteiger partial charge in [0.1, 0.15) is 11.6 Å². The highest BCUT2D eigenvalue weighted by molar-refractivity contribution is 5.62. The van der Waals surface area contributed by atoms with Crippen LogP contribution < -0.4 is 5.32 Å². The average molecular weight is 297 g/mol. The number of nitrogens with one attached hydrogen (secondary N) is 1. The number of aromatic hydroxyl groups is 1. The lowest BCUT2D eigenvalue weighted by atomic mass is 9.96. The van der Waals surface area contributed by atoms with Gasteiger partial charge in [0.25, 0.3) is 0 Å². The number of phenols is 1. The van der Waals surface area contributed by atoms with Crippen molar-refractivity contribution in [3.8, 4) is 17.0 Å². The highest BCUT2D eigenvalue weighted by Crippen LogP contribution is 2.25. The van der Waals surface area contributed by atoms with Crippen molar-refractivity contribution in [2.75, 3.05) is 6.54 Å². The Labute approximate surface area is 131 Å². The highest BCUT2D eigenvalue weighted by atomic mass is 16.3. The van der Waals surface area contributed by atoms with Crippen LogP contribution in [-0.2, 0) is 6.42 Å². The van der Waals surface area contributed by atoms with E-state index in [9.17, 15) is 5.11 Å². The summed E-state index contributed by atoms with van der Waals surface area (Å²) in [5.74, 6) is 1.05. The summed E-state index contributed by atoms with van der Waals surface area (Å²) >= 11 is 0. The van der Waals surface area contributed by atoms with Crippen LogP contribution in [0.1, 0.15) is 37.1 Å². The van der Waals surface area contributed by atoms with Crippen molar-refractivity contribution in [1.29, 1.82) is 0 Å². The number of aromatic nitrogens is 2. The fourth-order valence-corrected chi connectivity index (χ4v) is 3.09. The van der Waals surface area contributed by atoms with Crippen molar-refractivity contribution in [2.45, 2.75) is 45.1 Å². The molecule has 1 aromatic carbocycles. The Balaban J connectivity index is 1.74. The lowest BCUT2D eigenvalue weighted by Gasteiger charge is -2.23. The van der Waals surface area contributed by atoms with Gasteiger partial charge >= 0.3 is 0 Å². The number of hydrogen-bond donors (Lipinski definition) is 2. The summed E-state index contributed by atoms with van der Waals surface area (Å²) in [4.78, 5) is 8.57. The number of benzene rings is 1. The quantitative estimate of drug-likeness (QED) is 0.909. The molecule has 2 aromatic rings. The van der Waals surface area contributed by atoms with E-state index in [1.807, 2.05) is 19.1 Å². The monoisotopic (exact) mass is 297 g/mol. The minimum atomic E-state index is 0.306. The minimum Gasteiger partial charge on any atom is -0.508 e. The molecule has 116 valence electrons. The van der Waals surface area contributed by atoms with Gasteiger partial charge in [-0.15, -0.1) is 0 Å². The fourth-order valence-electron chi connectivity index (χ4n) is 3.09. The fraction of sp³-hybridized carbons (Fsp3) is 0.444. The second-order valence-corrected chi connectivity index (χ2v) is 6.06. The predicted octanol–water partition coefficient (Wildman–Crippen LogP) is 3.23. The summed E-state index contributed by atoms with van der Waals surface area (Å²) in [6, 6.07) is 8.25. The zero-order valence-electron chi connectivity index (χ0n) is 13.0. The molecule has 1 aliphatic heterocycles. The van der Waals surface area contributed by atoms with E-state index in [1.165, 1.54) is 24.8 Å². The minimum absolute atomic E-state index is 0.306. The van der Waals surface area contributed by atoms with E-state index in [2.05, 4.69) is 21.4 Å². The van der Waals surface area contributed by atoms with E-state index in [0.717, 1.165) is 36.5 Å². The first-order valence-corrected chi connectivity index (χ1v) is 8.07. The van der Waals surface area contributed by atoms with Crippen molar-refractivity contribution in [3.63, 3.8) is 0 Å². The molecule has 0 aliphatic carbocycles. The third-order valence-electron chi connectivity index (χ3n) is 4.24. The van der Waals surface area contributed by atoms with Gasteiger partial charge in [-0.3, -0.25) is 0 Å². The molecule has 1 saturated heterocycles. The number of rotatable bonds is 4. The third kappa shape index (κ3) is 3.83. The Morgan fingerprint density at radius 1 is 1.27 bits per heavy atom. The number of hydrogen-bond acceptors (Lipinski definition) is 4. The Kier molecular flexibility index (Phi) is 4.68. The summed E-state index contributed by atoms with van der Waals surface area (Å²) < 4.78 is 0. The van der Waals surface area contributed by atoms with Gasteiger partial charge < -0.3 is 10.4 Å². The van der Waals surface area contributed by atoms with Crippen LogP contribution in [0.4, 0.5) is 0 Å². The van der Waals surface area contributed by atoms with Gasteiger partial charge in [-0.05, 0) is 69.0 Å². The normalized spacial score (nSPS) is 18.3. The van der Waals surface area contributed by atoms with Crippen LogP contribution >= 0.6 is 0 Å². The molecule has 1 atom stereocenters. The smallest absolute Gasteiger partial charge is 0.125 e. The molecule has 0 spiro atoms. The number of aryl methyl sites for hydroxylation is 2. The first kappa shape index (κ1) is 15.0. The lowest BCUT2D eigenvalue weighted by molar-refractivity contribution is 0.382. The lowest BCUT2D eigenvalue weighted by Crippen LogP contribution is -2.34. The first-order valence-electron chi connectivity index (χ1n) is 8.07. The molecule has 0 radical (unpaired) electrons. The molecular formula is C18H23N3O. The van der Waals surface area contributed by atoms with E-state index in [-0.39, 0.29) is 0 Å². The number of nitrogens with zero attached hydrogens (tertiary/aromatic N) is 2. The Bertz CT molecular complexity index is 636. The number of phenolic OH excluding ortho intramolecular Hbond substituents is 1. The topological polar surface area (TPSA) is 58.0 Å². The van der Waals surface area contributed by atoms with E-state index in [4.69, 9.17) is 0 Å². The molecular weight excluding hydrogens is 274 g/mol. The van der Waals surface area contributed by atoms with Gasteiger partial charge in [0.15, 0.2) is 0 Å². The van der Waals surface area contributed by atoms with Crippen LogP contribution in [0.15, 0.2) is 30.5 Å². The van der Waals surface area contributed by atoms with Gasteiger partial charge in [0.2, 0.25) is 0 Å². The average Bonchev–Trinajstić information content (AvgIpc) is 2.53. The third-order valence-corrected chi connectivity index (χ3v) is 4.24. The SMILES string of the molecule is Cc1nccc(-c2cc(O)cc(CC[C@H]3CCCCN3)c2)n1. The van der Waals surface area contributed by atoms with Crippen LogP contribution in [0, 0.1) is 6.92 Å². The highest BCUT2D eigenvalue weighted by Gasteiger charge is 2.13. The standard InChI is InChI=1S/C18H23N3O/c1-13-19-9-7-18(21-13)15-10-14(11-17(22)12-15)5-6-16-4-2-3-8-20-16/h7,9-12,16,20,22H,2-6,8H2,1H3/t16-/m1/s1. The maximum Gasteiger partial charge on any atom is 0.125 e. The van der Waals surface area contributed by atoms with Gasteiger partial charge in [0, 0.05) is 17.8 Å². The van der Waals surface area contributed by atoms with Gasteiger partial charge in [0.05, 0.1) is 5.69 Å². The molecule has 0 bridgehead atoms. The van der Waals surface area contributed by atoms with Crippen LogP contribution in [0.25, 0.3) is 11.3 Å². The van der Waals surface area contributed by atoms with E-state index < -0.39 is 0 Å². The second-order valence-electron chi connectivity index (χ2n) is 6.06. The van der Waals surface area contributed by atoms with Crippen molar-refractivity contribution in [3.05, 3.63) is 41.9 Å². The van der Waals surface area contributed by atoms with Crippen LogP contribution in [-0.4, -0.2) is 27.7 Å². The van der Waals surface area contributed by atoms with Crippen LogP contribution in [0.5, 0.6) is 5.75 Å². The molecule has 0 saturated carbocycles. The van der Waals surface area contributed by atoms with Gasteiger partial charge in [-0.25, -0.2) is 9.97 Å². The van der Waals surface area contributed by atoms with Gasteiger partial charge in [-0.1, -0.05) is 6.42 Å². The summed E-state index contributed by atoms with van der Waals surface area (Å²) in [6.45, 7) is 3.01. The molecule has 1 fully saturated rings.